The van der Waals surface area contributed by atoms with Gasteiger partial charge in [0.1, 0.15) is 11.5 Å². The highest BCUT2D eigenvalue weighted by Gasteiger charge is 2.26. The number of fused-ring (bicyclic) bond motifs is 1. The third-order valence-corrected chi connectivity index (χ3v) is 8.25. The highest BCUT2D eigenvalue weighted by atomic mass is 16.2. The predicted octanol–water partition coefficient (Wildman–Crippen LogP) is 3.55. The van der Waals surface area contributed by atoms with E-state index in [0.29, 0.717) is 48.0 Å². The predicted molar refractivity (Wildman–Crippen MR) is 160 cm³/mol. The number of aryl methyl sites for hydroxylation is 1. The topological polar surface area (TPSA) is 117 Å². The largest absolute Gasteiger partial charge is 0.367 e. The Kier molecular flexibility index (Phi) is 8.63. The number of carbonyl (C=O) groups is 2. The average molecular weight is 561 g/mol. The van der Waals surface area contributed by atoms with Crippen LogP contribution in [0.4, 0.5) is 17.5 Å². The van der Waals surface area contributed by atoms with E-state index in [1.165, 1.54) is 6.92 Å². The van der Waals surface area contributed by atoms with Gasteiger partial charge in [0.2, 0.25) is 11.9 Å². The minimum atomic E-state index is -0.267. The molecule has 0 unspecified atom stereocenters. The number of amides is 1. The lowest BCUT2D eigenvalue weighted by Gasteiger charge is -2.36. The standard InChI is InChI=1S/C30H40N8O3/c1-5-12-35(4)19-26(40)37-15-13-36(14-16-37)23-10-11-25(31-17-23)33-30-32-18-24-20(2)27(21(3)39)29(41)38(28(24)34-30)22-8-6-7-9-22/h10-11,17-18,22H,5-9,12-16,19H2,1-4H3,(H,31,32,33,34). The normalized spacial score (nSPS) is 16.1. The molecule has 1 saturated heterocycles. The Hall–Kier alpha value is -3.86. The van der Waals surface area contributed by atoms with E-state index in [-0.39, 0.29) is 28.9 Å². The molecule has 41 heavy (non-hydrogen) atoms. The average Bonchev–Trinajstić information content (AvgIpc) is 3.48. The lowest BCUT2D eigenvalue weighted by atomic mass is 10.0. The van der Waals surface area contributed by atoms with Crippen molar-refractivity contribution in [3.63, 3.8) is 0 Å². The van der Waals surface area contributed by atoms with Gasteiger partial charge in [-0.2, -0.15) is 4.98 Å². The van der Waals surface area contributed by atoms with Gasteiger partial charge in [0.05, 0.1) is 24.0 Å². The molecule has 3 aromatic heterocycles. The molecule has 1 amide bonds. The molecule has 1 saturated carbocycles. The van der Waals surface area contributed by atoms with Gasteiger partial charge in [-0.25, -0.2) is 9.97 Å². The van der Waals surface area contributed by atoms with Crippen LogP contribution in [0, 0.1) is 6.92 Å². The highest BCUT2D eigenvalue weighted by molar-refractivity contribution is 5.99. The van der Waals surface area contributed by atoms with Gasteiger partial charge < -0.3 is 15.1 Å². The quantitative estimate of drug-likeness (QED) is 0.392. The molecule has 1 N–H and O–H groups in total. The molecular formula is C30H40N8O3. The zero-order chi connectivity index (χ0) is 29.1. The van der Waals surface area contributed by atoms with Crippen molar-refractivity contribution in [2.24, 2.45) is 0 Å². The van der Waals surface area contributed by atoms with Gasteiger partial charge in [-0.1, -0.05) is 19.8 Å². The number of nitrogens with one attached hydrogen (secondary N) is 1. The second-order valence-electron chi connectivity index (χ2n) is 11.2. The summed E-state index contributed by atoms with van der Waals surface area (Å²) in [6.07, 6.45) is 8.42. The molecule has 11 heteroatoms. The molecule has 0 bridgehead atoms. The monoisotopic (exact) mass is 560 g/mol. The minimum absolute atomic E-state index is 0.0249. The second-order valence-corrected chi connectivity index (χ2v) is 11.2. The lowest BCUT2D eigenvalue weighted by Crippen LogP contribution is -2.51. The van der Waals surface area contributed by atoms with Crippen LogP contribution in [-0.2, 0) is 4.79 Å². The summed E-state index contributed by atoms with van der Waals surface area (Å²) in [5, 5.41) is 3.89. The summed E-state index contributed by atoms with van der Waals surface area (Å²) in [6, 6.07) is 3.91. The van der Waals surface area contributed by atoms with Crippen molar-refractivity contribution in [2.45, 2.75) is 58.9 Å². The van der Waals surface area contributed by atoms with E-state index >= 15 is 0 Å². The fraction of sp³-hybridized carbons (Fsp3) is 0.533. The van der Waals surface area contributed by atoms with Gasteiger partial charge in [-0.15, -0.1) is 0 Å². The lowest BCUT2D eigenvalue weighted by molar-refractivity contribution is -0.132. The summed E-state index contributed by atoms with van der Waals surface area (Å²) in [5.41, 5.74) is 2.12. The number of pyridine rings is 2. The van der Waals surface area contributed by atoms with Gasteiger partial charge in [0.25, 0.3) is 5.56 Å². The van der Waals surface area contributed by atoms with Crippen molar-refractivity contribution < 1.29 is 9.59 Å². The maximum Gasteiger partial charge on any atom is 0.263 e. The third kappa shape index (κ3) is 6.09. The third-order valence-electron chi connectivity index (χ3n) is 8.25. The van der Waals surface area contributed by atoms with Crippen LogP contribution in [-0.4, -0.2) is 87.3 Å². The Labute approximate surface area is 240 Å². The fourth-order valence-electron chi connectivity index (χ4n) is 6.08. The van der Waals surface area contributed by atoms with Crippen molar-refractivity contribution >= 4 is 40.2 Å². The zero-order valence-electron chi connectivity index (χ0n) is 24.5. The molecule has 4 heterocycles. The van der Waals surface area contributed by atoms with Crippen LogP contribution >= 0.6 is 0 Å². The van der Waals surface area contributed by atoms with Crippen molar-refractivity contribution in [2.75, 3.05) is 56.5 Å². The maximum atomic E-state index is 13.4. The van der Waals surface area contributed by atoms with E-state index in [1.54, 1.807) is 17.7 Å². The van der Waals surface area contributed by atoms with E-state index in [4.69, 9.17) is 4.98 Å². The summed E-state index contributed by atoms with van der Waals surface area (Å²) >= 11 is 0. The van der Waals surface area contributed by atoms with Crippen LogP contribution < -0.4 is 15.8 Å². The Balaban J connectivity index is 1.30. The molecule has 0 aromatic carbocycles. The number of ketones is 1. The summed E-state index contributed by atoms with van der Waals surface area (Å²) in [5.74, 6) is 0.881. The Morgan fingerprint density at radius 3 is 2.44 bits per heavy atom. The molecule has 3 aromatic rings. The van der Waals surface area contributed by atoms with Gasteiger partial charge in [-0.3, -0.25) is 23.9 Å². The zero-order valence-corrected chi connectivity index (χ0v) is 24.5. The molecule has 1 aliphatic carbocycles. The number of nitrogens with zero attached hydrogens (tertiary/aromatic N) is 7. The molecule has 0 radical (unpaired) electrons. The number of piperazine rings is 1. The first kappa shape index (κ1) is 28.7. The van der Waals surface area contributed by atoms with Crippen molar-refractivity contribution in [3.05, 3.63) is 46.0 Å². The molecular weight excluding hydrogens is 520 g/mol. The van der Waals surface area contributed by atoms with Crippen LogP contribution in [0.2, 0.25) is 0 Å². The van der Waals surface area contributed by atoms with E-state index in [1.807, 2.05) is 30.3 Å². The van der Waals surface area contributed by atoms with Crippen molar-refractivity contribution in [3.8, 4) is 0 Å². The highest BCUT2D eigenvalue weighted by Crippen LogP contribution is 2.32. The van der Waals surface area contributed by atoms with Gasteiger partial charge in [-0.05, 0) is 64.4 Å². The number of hydrogen-bond acceptors (Lipinski definition) is 9. The van der Waals surface area contributed by atoms with E-state index in [9.17, 15) is 14.4 Å². The number of aromatic nitrogens is 4. The van der Waals surface area contributed by atoms with Crippen LogP contribution in [0.1, 0.15) is 67.9 Å². The number of rotatable bonds is 9. The molecule has 2 aliphatic rings. The number of anilines is 3. The van der Waals surface area contributed by atoms with Gasteiger partial charge in [0, 0.05) is 43.8 Å². The fourth-order valence-corrected chi connectivity index (χ4v) is 6.08. The van der Waals surface area contributed by atoms with E-state index in [0.717, 1.165) is 57.4 Å². The first-order valence-corrected chi connectivity index (χ1v) is 14.6. The molecule has 0 atom stereocenters. The molecule has 0 spiro atoms. The number of hydrogen-bond donors (Lipinski definition) is 1. The van der Waals surface area contributed by atoms with Crippen LogP contribution in [0.25, 0.3) is 11.0 Å². The SMILES string of the molecule is CCCN(C)CC(=O)N1CCN(c2ccc(Nc3ncc4c(C)c(C(C)=O)c(=O)n(C5CCCC5)c4n3)nc2)CC1. The summed E-state index contributed by atoms with van der Waals surface area (Å²) < 4.78 is 1.71. The molecule has 11 nitrogen and oxygen atoms in total. The Morgan fingerprint density at radius 1 is 1.07 bits per heavy atom. The molecule has 2 fully saturated rings. The Morgan fingerprint density at radius 2 is 1.80 bits per heavy atom. The summed E-state index contributed by atoms with van der Waals surface area (Å²) in [7, 11) is 1.99. The van der Waals surface area contributed by atoms with Crippen LogP contribution in [0.15, 0.2) is 29.3 Å². The van der Waals surface area contributed by atoms with Gasteiger partial charge in [0.15, 0.2) is 5.78 Å². The second kappa shape index (κ2) is 12.3. The van der Waals surface area contributed by atoms with E-state index < -0.39 is 0 Å². The minimum Gasteiger partial charge on any atom is -0.367 e. The summed E-state index contributed by atoms with van der Waals surface area (Å²) in [6.45, 7) is 9.62. The van der Waals surface area contributed by atoms with Crippen molar-refractivity contribution in [1.29, 1.82) is 0 Å². The Bertz CT molecular complexity index is 1470. The molecule has 5 rings (SSSR count). The smallest absolute Gasteiger partial charge is 0.263 e. The number of carbonyl (C=O) groups excluding carboxylic acids is 2. The maximum absolute atomic E-state index is 13.4. The van der Waals surface area contributed by atoms with Crippen LogP contribution in [0.3, 0.4) is 0 Å². The van der Waals surface area contributed by atoms with E-state index in [2.05, 4.69) is 32.0 Å². The van der Waals surface area contributed by atoms with Crippen LogP contribution in [0.5, 0.6) is 0 Å². The molecule has 218 valence electrons. The van der Waals surface area contributed by atoms with Gasteiger partial charge >= 0.3 is 0 Å². The number of Topliss-reactive ketones (excluding diaryl/α,β-unsaturated/α-hetero) is 1. The molecule has 1 aliphatic heterocycles. The summed E-state index contributed by atoms with van der Waals surface area (Å²) in [4.78, 5) is 58.5. The van der Waals surface area contributed by atoms with Crippen molar-refractivity contribution in [1.82, 2.24) is 29.3 Å². The first-order valence-electron chi connectivity index (χ1n) is 14.6. The first-order chi connectivity index (χ1) is 19.8. The number of likely N-dealkylation sites (N-methyl/N-ethyl adjacent to an activating group) is 1.